The molecule has 0 saturated heterocycles. The van der Waals surface area contributed by atoms with Crippen molar-refractivity contribution in [3.63, 3.8) is 0 Å². The molecule has 0 atom stereocenters. The summed E-state index contributed by atoms with van der Waals surface area (Å²) in [5.41, 5.74) is 1.34. The molecule has 0 bridgehead atoms. The van der Waals surface area contributed by atoms with Crippen molar-refractivity contribution in [1.29, 1.82) is 0 Å². The Hall–Kier alpha value is -1.58. The van der Waals surface area contributed by atoms with Crippen LogP contribution in [-0.4, -0.2) is 14.1 Å². The van der Waals surface area contributed by atoms with E-state index in [4.69, 9.17) is 0 Å². The zero-order valence-electron chi connectivity index (χ0n) is 6.90. The fourth-order valence-corrected chi connectivity index (χ4v) is 1.25. The Bertz CT molecular complexity index is 438. The van der Waals surface area contributed by atoms with Gasteiger partial charge in [0.15, 0.2) is 5.65 Å². The minimum atomic E-state index is -0.0695. The highest BCUT2D eigenvalue weighted by Gasteiger charge is 2.06. The molecule has 2 aromatic rings. The quantitative estimate of drug-likeness (QED) is 0.550. The molecule has 0 aliphatic heterocycles. The third-order valence-electron chi connectivity index (χ3n) is 1.93. The molecule has 0 aliphatic rings. The minimum Gasteiger partial charge on any atom is -0.293 e. The zero-order valence-corrected chi connectivity index (χ0v) is 6.90. The first-order valence-corrected chi connectivity index (χ1v) is 3.60. The van der Waals surface area contributed by atoms with Gasteiger partial charge in [-0.25, -0.2) is 9.78 Å². The maximum atomic E-state index is 11.4. The van der Waals surface area contributed by atoms with E-state index < -0.39 is 0 Å². The van der Waals surface area contributed by atoms with Crippen LogP contribution in [0.15, 0.2) is 17.1 Å². The summed E-state index contributed by atoms with van der Waals surface area (Å²) < 4.78 is 3.04. The second-order valence-electron chi connectivity index (χ2n) is 2.66. The van der Waals surface area contributed by atoms with E-state index in [9.17, 15) is 4.79 Å². The van der Waals surface area contributed by atoms with E-state index in [1.54, 1.807) is 26.4 Å². The molecule has 2 rings (SSSR count). The first kappa shape index (κ1) is 7.09. The number of hydrogen-bond donors (Lipinski definition) is 0. The predicted octanol–water partition coefficient (Wildman–Crippen LogP) is 0.0722. The van der Waals surface area contributed by atoms with Gasteiger partial charge >= 0.3 is 5.69 Å². The molecule has 0 unspecified atom stereocenters. The number of hydrogen-bond acceptors (Lipinski definition) is 2. The molecule has 12 heavy (non-hydrogen) atoms. The molecule has 0 spiro atoms. The van der Waals surface area contributed by atoms with Crippen molar-refractivity contribution in [3.8, 4) is 0 Å². The lowest BCUT2D eigenvalue weighted by atomic mass is 10.4. The highest BCUT2D eigenvalue weighted by molar-refractivity contribution is 5.70. The first-order valence-electron chi connectivity index (χ1n) is 3.60. The van der Waals surface area contributed by atoms with E-state index in [1.165, 1.54) is 9.13 Å². The van der Waals surface area contributed by atoms with Gasteiger partial charge in [0.05, 0.1) is 5.52 Å². The number of aromatic nitrogens is 3. The number of pyridine rings is 1. The van der Waals surface area contributed by atoms with Crippen LogP contribution in [0, 0.1) is 6.07 Å². The van der Waals surface area contributed by atoms with Crippen LogP contribution in [0.1, 0.15) is 0 Å². The highest BCUT2D eigenvalue weighted by atomic mass is 16.1. The molecular formula is C8H8N3O. The lowest BCUT2D eigenvalue weighted by Gasteiger charge is -1.89. The first-order chi connectivity index (χ1) is 5.72. The molecular weight excluding hydrogens is 154 g/mol. The van der Waals surface area contributed by atoms with E-state index in [1.807, 2.05) is 0 Å². The van der Waals surface area contributed by atoms with Gasteiger partial charge < -0.3 is 0 Å². The van der Waals surface area contributed by atoms with Crippen LogP contribution in [0.5, 0.6) is 0 Å². The second-order valence-corrected chi connectivity index (χ2v) is 2.66. The van der Waals surface area contributed by atoms with Gasteiger partial charge in [0.2, 0.25) is 0 Å². The summed E-state index contributed by atoms with van der Waals surface area (Å²) in [6.07, 6.45) is 1.63. The van der Waals surface area contributed by atoms with Gasteiger partial charge in [-0.2, -0.15) is 0 Å². The maximum Gasteiger partial charge on any atom is 0.329 e. The minimum absolute atomic E-state index is 0.0695. The van der Waals surface area contributed by atoms with Crippen LogP contribution in [0.3, 0.4) is 0 Å². The van der Waals surface area contributed by atoms with Crippen LogP contribution in [-0.2, 0) is 14.1 Å². The van der Waals surface area contributed by atoms with E-state index in [2.05, 4.69) is 11.1 Å². The number of nitrogens with zero attached hydrogens (tertiary/aromatic N) is 3. The summed E-state index contributed by atoms with van der Waals surface area (Å²) >= 11 is 0. The van der Waals surface area contributed by atoms with Crippen LogP contribution in [0.2, 0.25) is 0 Å². The molecule has 0 N–H and O–H groups in total. The Labute approximate surface area is 69.1 Å². The van der Waals surface area contributed by atoms with Crippen molar-refractivity contribution in [1.82, 2.24) is 14.1 Å². The third-order valence-corrected chi connectivity index (χ3v) is 1.93. The standard InChI is InChI=1S/C8H8N3O/c1-10-6-4-3-5-9-7(6)11(2)8(10)12/h3,5H,1-2H3. The fourth-order valence-electron chi connectivity index (χ4n) is 1.25. The number of fused-ring (bicyclic) bond motifs is 1. The van der Waals surface area contributed by atoms with E-state index in [0.29, 0.717) is 5.65 Å². The van der Waals surface area contributed by atoms with Gasteiger partial charge in [-0.3, -0.25) is 9.13 Å². The molecule has 2 aromatic heterocycles. The van der Waals surface area contributed by atoms with Crippen molar-refractivity contribution in [3.05, 3.63) is 28.8 Å². The fraction of sp³-hybridized carbons (Fsp3) is 0.250. The SMILES string of the molecule is Cn1c(=O)n(C)c2ncc[c]c21. The summed E-state index contributed by atoms with van der Waals surface area (Å²) in [6.45, 7) is 0. The normalized spacial score (nSPS) is 10.8. The van der Waals surface area contributed by atoms with Crippen molar-refractivity contribution in [2.45, 2.75) is 0 Å². The van der Waals surface area contributed by atoms with Crippen molar-refractivity contribution < 1.29 is 0 Å². The molecule has 0 aliphatic carbocycles. The number of aryl methyl sites for hydroxylation is 2. The van der Waals surface area contributed by atoms with Gasteiger partial charge in [0, 0.05) is 26.4 Å². The Morgan fingerprint density at radius 2 is 2.17 bits per heavy atom. The molecule has 61 valence electrons. The summed E-state index contributed by atoms with van der Waals surface area (Å²) in [5.74, 6) is 0. The topological polar surface area (TPSA) is 39.8 Å². The predicted molar refractivity (Wildman–Crippen MR) is 44.8 cm³/mol. The lowest BCUT2D eigenvalue weighted by Crippen LogP contribution is -2.19. The number of imidazole rings is 1. The molecule has 2 heterocycles. The van der Waals surface area contributed by atoms with Crippen molar-refractivity contribution in [2.75, 3.05) is 0 Å². The van der Waals surface area contributed by atoms with E-state index >= 15 is 0 Å². The van der Waals surface area contributed by atoms with E-state index in [0.717, 1.165) is 5.52 Å². The molecule has 4 nitrogen and oxygen atoms in total. The third kappa shape index (κ3) is 0.717. The molecule has 0 aromatic carbocycles. The molecule has 0 saturated carbocycles. The van der Waals surface area contributed by atoms with Crippen LogP contribution < -0.4 is 5.69 Å². The Morgan fingerprint density at radius 1 is 1.42 bits per heavy atom. The van der Waals surface area contributed by atoms with Crippen LogP contribution in [0.4, 0.5) is 0 Å². The molecule has 0 fully saturated rings. The summed E-state index contributed by atoms with van der Waals surface area (Å²) in [7, 11) is 3.41. The van der Waals surface area contributed by atoms with Gasteiger partial charge in [-0.05, 0) is 6.07 Å². The molecule has 1 radical (unpaired) electrons. The molecule has 4 heteroatoms. The van der Waals surface area contributed by atoms with E-state index in [-0.39, 0.29) is 5.69 Å². The maximum absolute atomic E-state index is 11.4. The average molecular weight is 162 g/mol. The van der Waals surface area contributed by atoms with Gasteiger partial charge in [0.25, 0.3) is 0 Å². The second kappa shape index (κ2) is 2.20. The van der Waals surface area contributed by atoms with Crippen LogP contribution >= 0.6 is 0 Å². The Balaban J connectivity index is 3.09. The Morgan fingerprint density at radius 3 is 2.83 bits per heavy atom. The summed E-state index contributed by atoms with van der Waals surface area (Å²) in [4.78, 5) is 15.4. The monoisotopic (exact) mass is 162 g/mol. The van der Waals surface area contributed by atoms with Crippen molar-refractivity contribution >= 4 is 11.2 Å². The van der Waals surface area contributed by atoms with Crippen LogP contribution in [0.25, 0.3) is 11.2 Å². The largest absolute Gasteiger partial charge is 0.329 e. The zero-order chi connectivity index (χ0) is 8.72. The summed E-state index contributed by atoms with van der Waals surface area (Å²) in [6, 6.07) is 4.66. The summed E-state index contributed by atoms with van der Waals surface area (Å²) in [5, 5.41) is 0. The lowest BCUT2D eigenvalue weighted by molar-refractivity contribution is 0.791. The smallest absolute Gasteiger partial charge is 0.293 e. The van der Waals surface area contributed by atoms with Gasteiger partial charge in [-0.15, -0.1) is 0 Å². The average Bonchev–Trinajstić information content (AvgIpc) is 2.33. The number of rotatable bonds is 0. The Kier molecular flexibility index (Phi) is 1.30. The van der Waals surface area contributed by atoms with Crippen molar-refractivity contribution in [2.24, 2.45) is 14.1 Å². The highest BCUT2D eigenvalue weighted by Crippen LogP contribution is 2.04. The molecule has 0 amide bonds. The van der Waals surface area contributed by atoms with Gasteiger partial charge in [0.1, 0.15) is 0 Å². The van der Waals surface area contributed by atoms with Gasteiger partial charge in [-0.1, -0.05) is 0 Å².